The first-order valence-electron chi connectivity index (χ1n) is 15.5. The topological polar surface area (TPSA) is 103 Å². The number of fused-ring (bicyclic) bond motifs is 1. The summed E-state index contributed by atoms with van der Waals surface area (Å²) >= 11 is 0. The van der Waals surface area contributed by atoms with Gasteiger partial charge in [0, 0.05) is 25.0 Å². The Morgan fingerprint density at radius 2 is 1.64 bits per heavy atom. The second-order valence-corrected chi connectivity index (χ2v) is 12.3. The molecule has 10 nitrogen and oxygen atoms in total. The fourth-order valence-corrected chi connectivity index (χ4v) is 6.85. The van der Waals surface area contributed by atoms with Crippen LogP contribution >= 0.6 is 0 Å². The van der Waals surface area contributed by atoms with E-state index in [9.17, 15) is 9.59 Å². The van der Waals surface area contributed by atoms with Gasteiger partial charge in [0.2, 0.25) is 0 Å². The monoisotopic (exact) mass is 570 g/mol. The first-order valence-corrected chi connectivity index (χ1v) is 15.5. The first kappa shape index (κ1) is 28.3. The minimum absolute atomic E-state index is 0.0301. The third kappa shape index (κ3) is 6.04. The molecule has 2 aromatic carbocycles. The molecule has 42 heavy (non-hydrogen) atoms. The number of rotatable bonds is 9. The quantitative estimate of drug-likeness (QED) is 0.314. The highest BCUT2D eigenvalue weighted by atomic mass is 16.2. The third-order valence-electron chi connectivity index (χ3n) is 9.14. The first-order chi connectivity index (χ1) is 20.5. The summed E-state index contributed by atoms with van der Waals surface area (Å²) in [4.78, 5) is 30.6. The summed E-state index contributed by atoms with van der Waals surface area (Å²) in [6.45, 7) is 8.04. The molecule has 3 heterocycles. The number of tetrazole rings is 1. The van der Waals surface area contributed by atoms with Gasteiger partial charge in [0.05, 0.1) is 17.6 Å². The van der Waals surface area contributed by atoms with Crippen LogP contribution in [0, 0.1) is 11.8 Å². The fraction of sp³-hybridized carbons (Fsp3) is 0.531. The lowest BCUT2D eigenvalue weighted by molar-refractivity contribution is 0.158. The number of amides is 1. The van der Waals surface area contributed by atoms with E-state index in [1.54, 1.807) is 9.36 Å². The molecule has 0 bridgehead atoms. The fourth-order valence-electron chi connectivity index (χ4n) is 6.85. The van der Waals surface area contributed by atoms with Crippen LogP contribution in [0.1, 0.15) is 75.7 Å². The number of nitrogens with zero attached hydrogens (tertiary/aromatic N) is 7. The van der Waals surface area contributed by atoms with Crippen molar-refractivity contribution in [1.82, 2.24) is 39.6 Å². The number of carbonyl (C=O) groups excluding carboxylic acids is 1. The smallest absolute Gasteiger partial charge is 0.337 e. The predicted octanol–water partition coefficient (Wildman–Crippen LogP) is 4.66. The van der Waals surface area contributed by atoms with Crippen molar-refractivity contribution in [3.05, 3.63) is 76.5 Å². The predicted molar refractivity (Wildman–Crippen MR) is 163 cm³/mol. The number of para-hydroxylation sites is 2. The molecule has 1 N–H and O–H groups in total. The van der Waals surface area contributed by atoms with Crippen molar-refractivity contribution < 1.29 is 4.79 Å². The zero-order chi connectivity index (χ0) is 29.1. The normalized spacial score (nSPS) is 17.8. The minimum atomic E-state index is -0.344. The summed E-state index contributed by atoms with van der Waals surface area (Å²) in [5, 5.41) is 16.8. The summed E-state index contributed by atoms with van der Waals surface area (Å²) in [6, 6.07) is 17.4. The lowest BCUT2D eigenvalue weighted by Gasteiger charge is -2.35. The van der Waals surface area contributed by atoms with Crippen molar-refractivity contribution in [3.63, 3.8) is 0 Å². The van der Waals surface area contributed by atoms with Gasteiger partial charge in [-0.3, -0.25) is 4.57 Å². The molecule has 2 fully saturated rings. The lowest BCUT2D eigenvalue weighted by Crippen LogP contribution is -2.43. The van der Waals surface area contributed by atoms with Crippen LogP contribution in [0.5, 0.6) is 0 Å². The van der Waals surface area contributed by atoms with Gasteiger partial charge in [-0.25, -0.2) is 14.2 Å². The van der Waals surface area contributed by atoms with E-state index in [4.69, 9.17) is 5.10 Å². The van der Waals surface area contributed by atoms with Crippen LogP contribution < -0.4 is 11.0 Å². The molecule has 0 radical (unpaired) electrons. The summed E-state index contributed by atoms with van der Waals surface area (Å²) in [5.74, 6) is 2.15. The van der Waals surface area contributed by atoms with Crippen LogP contribution in [0.2, 0.25) is 0 Å². The summed E-state index contributed by atoms with van der Waals surface area (Å²) in [7, 11) is 0. The molecular formula is C32H42N8O2. The molecule has 1 amide bonds. The molecule has 1 saturated carbocycles. The van der Waals surface area contributed by atoms with Crippen molar-refractivity contribution >= 4 is 17.1 Å². The highest BCUT2D eigenvalue weighted by molar-refractivity contribution is 5.89. The number of hydrogen-bond acceptors (Lipinski definition) is 6. The zero-order valence-corrected chi connectivity index (χ0v) is 24.7. The second kappa shape index (κ2) is 12.6. The average molecular weight is 571 g/mol. The van der Waals surface area contributed by atoms with E-state index < -0.39 is 0 Å². The molecule has 0 spiro atoms. The van der Waals surface area contributed by atoms with Crippen molar-refractivity contribution in [1.29, 1.82) is 0 Å². The molecule has 1 unspecified atom stereocenters. The van der Waals surface area contributed by atoms with Crippen LogP contribution in [0.15, 0.2) is 59.4 Å². The minimum Gasteiger partial charge on any atom is -0.337 e. The largest absolute Gasteiger partial charge is 0.337 e. The Balaban J connectivity index is 1.06. The Bertz CT molecular complexity index is 1540. The van der Waals surface area contributed by atoms with E-state index in [0.717, 1.165) is 43.8 Å². The lowest BCUT2D eigenvalue weighted by atomic mass is 9.88. The highest BCUT2D eigenvalue weighted by Crippen LogP contribution is 2.37. The van der Waals surface area contributed by atoms with E-state index in [-0.39, 0.29) is 17.8 Å². The molecule has 4 aromatic rings. The number of nitrogens with one attached hydrogen (secondary N) is 1. The summed E-state index contributed by atoms with van der Waals surface area (Å²) in [6.07, 6.45) is 7.03. The standard InChI is InChI=1S/C32H42N8O2/c1-23(2)39-28-14-8-9-15-29(28)40(32(39)42)31(41)33-20-24-16-18-37(19-17-24)22-27(26-12-6-7-13-26)30-34-36-38(35-30)21-25-10-4-3-5-11-25/h3-5,8-11,14-15,23-24,26-27H,6-7,12-13,16-22H2,1-2H3,(H,33,41). The number of aromatic nitrogens is 6. The number of hydrogen-bond donors (Lipinski definition) is 1. The molecule has 222 valence electrons. The Hall–Kier alpha value is -3.79. The number of benzene rings is 2. The van der Waals surface area contributed by atoms with Crippen LogP contribution in [0.3, 0.4) is 0 Å². The molecule has 6 rings (SSSR count). The Labute approximate surface area is 246 Å². The maximum absolute atomic E-state index is 13.2. The Kier molecular flexibility index (Phi) is 8.51. The van der Waals surface area contributed by atoms with Gasteiger partial charge in [-0.2, -0.15) is 4.80 Å². The number of carbonyl (C=O) groups is 1. The molecule has 1 aliphatic carbocycles. The van der Waals surface area contributed by atoms with Gasteiger partial charge in [0.25, 0.3) is 0 Å². The van der Waals surface area contributed by atoms with Gasteiger partial charge in [-0.05, 0) is 87.4 Å². The van der Waals surface area contributed by atoms with Crippen molar-refractivity contribution in [2.24, 2.45) is 11.8 Å². The van der Waals surface area contributed by atoms with Gasteiger partial charge in [0.15, 0.2) is 5.82 Å². The van der Waals surface area contributed by atoms with Gasteiger partial charge < -0.3 is 10.2 Å². The molecular weight excluding hydrogens is 528 g/mol. The maximum Gasteiger partial charge on any atom is 0.337 e. The highest BCUT2D eigenvalue weighted by Gasteiger charge is 2.33. The van der Waals surface area contributed by atoms with Crippen LogP contribution in [-0.4, -0.2) is 66.5 Å². The summed E-state index contributed by atoms with van der Waals surface area (Å²) in [5.41, 5.74) is 2.32. The Morgan fingerprint density at radius 1 is 0.952 bits per heavy atom. The third-order valence-corrected chi connectivity index (χ3v) is 9.14. The van der Waals surface area contributed by atoms with Gasteiger partial charge >= 0.3 is 11.7 Å². The van der Waals surface area contributed by atoms with Crippen LogP contribution in [-0.2, 0) is 6.54 Å². The van der Waals surface area contributed by atoms with Gasteiger partial charge in [-0.15, -0.1) is 10.2 Å². The van der Waals surface area contributed by atoms with E-state index in [1.807, 2.05) is 56.3 Å². The SMILES string of the molecule is CC(C)n1c(=O)n(C(=O)NCC2CCN(CC(c3nnn(Cc4ccccc4)n3)C3CCCC3)CC2)c2ccccc21. The Morgan fingerprint density at radius 3 is 2.36 bits per heavy atom. The van der Waals surface area contributed by atoms with E-state index in [2.05, 4.69) is 32.7 Å². The molecule has 1 aliphatic heterocycles. The van der Waals surface area contributed by atoms with E-state index >= 15 is 0 Å². The average Bonchev–Trinajstić information content (AvgIpc) is 3.75. The van der Waals surface area contributed by atoms with Gasteiger partial charge in [0.1, 0.15) is 0 Å². The summed E-state index contributed by atoms with van der Waals surface area (Å²) < 4.78 is 2.97. The van der Waals surface area contributed by atoms with Crippen molar-refractivity contribution in [2.75, 3.05) is 26.2 Å². The second-order valence-electron chi connectivity index (χ2n) is 12.3. The maximum atomic E-state index is 13.2. The molecule has 10 heteroatoms. The van der Waals surface area contributed by atoms with Crippen LogP contribution in [0.25, 0.3) is 11.0 Å². The van der Waals surface area contributed by atoms with E-state index in [1.165, 1.54) is 35.8 Å². The number of likely N-dealkylation sites (tertiary alicyclic amines) is 1. The van der Waals surface area contributed by atoms with Crippen molar-refractivity contribution in [3.8, 4) is 0 Å². The molecule has 2 aliphatic rings. The van der Waals surface area contributed by atoms with Crippen molar-refractivity contribution in [2.45, 2.75) is 70.9 Å². The number of piperidine rings is 1. The van der Waals surface area contributed by atoms with Crippen LogP contribution in [0.4, 0.5) is 4.79 Å². The zero-order valence-electron chi connectivity index (χ0n) is 24.7. The molecule has 1 saturated heterocycles. The molecule has 2 aromatic heterocycles. The molecule has 1 atom stereocenters. The number of imidazole rings is 1. The van der Waals surface area contributed by atoms with Gasteiger partial charge in [-0.1, -0.05) is 55.3 Å². The van der Waals surface area contributed by atoms with E-state index in [0.29, 0.717) is 36.4 Å².